The lowest BCUT2D eigenvalue weighted by molar-refractivity contribution is -0.136. The van der Waals surface area contributed by atoms with Crippen LogP contribution in [-0.2, 0) is 14.3 Å². The molecule has 0 bridgehead atoms. The zero-order valence-electron chi connectivity index (χ0n) is 18.5. The van der Waals surface area contributed by atoms with Gasteiger partial charge in [-0.15, -0.1) is 0 Å². The van der Waals surface area contributed by atoms with Gasteiger partial charge in [0.2, 0.25) is 5.91 Å². The Bertz CT molecular complexity index is 1010. The maximum absolute atomic E-state index is 12.9. The number of aliphatic imine (C=N–C) groups is 1. The van der Waals surface area contributed by atoms with Crippen LogP contribution in [0.25, 0.3) is 0 Å². The van der Waals surface area contributed by atoms with Gasteiger partial charge in [0.25, 0.3) is 0 Å². The fourth-order valence-corrected chi connectivity index (χ4v) is 5.01. The van der Waals surface area contributed by atoms with Crippen LogP contribution >= 0.6 is 11.8 Å². The summed E-state index contributed by atoms with van der Waals surface area (Å²) in [5.74, 6) is 0.260. The summed E-state index contributed by atoms with van der Waals surface area (Å²) in [5.41, 5.74) is 5.39. The van der Waals surface area contributed by atoms with E-state index in [1.54, 1.807) is 0 Å². The highest BCUT2D eigenvalue weighted by Gasteiger charge is 2.42. The molecule has 0 saturated heterocycles. The Hall–Kier alpha value is -2.54. The standard InChI is InChI=1S/C24H29N3O3S/c1-5-19-21(23(29)30-4)22(18-10-14(2)6-7-15(18)3)27-17(13-31-24(27)26-19)11-20(28)25-12-16-8-9-16/h6-7,10,13,16,22H,5,8-9,11-12H2,1-4H3,(H,25,28)/t22-/m1/s1. The first-order chi connectivity index (χ1) is 14.9. The number of nitrogens with one attached hydrogen (secondary N) is 1. The molecule has 1 aromatic rings. The summed E-state index contributed by atoms with van der Waals surface area (Å²) in [7, 11) is 1.41. The highest BCUT2D eigenvalue weighted by molar-refractivity contribution is 8.16. The molecule has 4 rings (SSSR count). The van der Waals surface area contributed by atoms with Crippen LogP contribution < -0.4 is 5.32 Å². The van der Waals surface area contributed by atoms with Crippen molar-refractivity contribution in [1.82, 2.24) is 10.2 Å². The van der Waals surface area contributed by atoms with E-state index in [0.29, 0.717) is 17.9 Å². The number of aryl methyl sites for hydroxylation is 2. The van der Waals surface area contributed by atoms with E-state index >= 15 is 0 Å². The fraction of sp³-hybridized carbons (Fsp3) is 0.458. The lowest BCUT2D eigenvalue weighted by Gasteiger charge is -2.37. The molecule has 7 heteroatoms. The molecule has 1 atom stereocenters. The Kier molecular flexibility index (Phi) is 6.23. The van der Waals surface area contributed by atoms with Gasteiger partial charge in [-0.1, -0.05) is 42.4 Å². The highest BCUT2D eigenvalue weighted by Crippen LogP contribution is 2.46. The van der Waals surface area contributed by atoms with Crippen molar-refractivity contribution in [3.63, 3.8) is 0 Å². The number of carbonyl (C=O) groups excluding carboxylic acids is 2. The Balaban J connectivity index is 1.73. The van der Waals surface area contributed by atoms with Gasteiger partial charge in [-0.2, -0.15) is 0 Å². The van der Waals surface area contributed by atoms with E-state index in [4.69, 9.17) is 9.73 Å². The molecule has 0 unspecified atom stereocenters. The van der Waals surface area contributed by atoms with E-state index < -0.39 is 0 Å². The lowest BCUT2D eigenvalue weighted by Crippen LogP contribution is -2.38. The number of amides is 1. The summed E-state index contributed by atoms with van der Waals surface area (Å²) in [6, 6.07) is 5.89. The zero-order chi connectivity index (χ0) is 22.1. The molecule has 2 aliphatic heterocycles. The number of esters is 1. The van der Waals surface area contributed by atoms with Crippen LogP contribution in [0.2, 0.25) is 0 Å². The van der Waals surface area contributed by atoms with Crippen molar-refractivity contribution < 1.29 is 14.3 Å². The van der Waals surface area contributed by atoms with Crippen molar-refractivity contribution in [3.05, 3.63) is 57.3 Å². The fourth-order valence-electron chi connectivity index (χ4n) is 4.07. The Morgan fingerprint density at radius 1 is 1.29 bits per heavy atom. The lowest BCUT2D eigenvalue weighted by atomic mass is 9.89. The van der Waals surface area contributed by atoms with Crippen LogP contribution in [0.3, 0.4) is 0 Å². The molecule has 1 amide bonds. The molecule has 164 valence electrons. The quantitative estimate of drug-likeness (QED) is 0.639. The van der Waals surface area contributed by atoms with E-state index in [0.717, 1.165) is 39.8 Å². The summed E-state index contributed by atoms with van der Waals surface area (Å²) in [4.78, 5) is 32.4. The van der Waals surface area contributed by atoms with E-state index in [1.165, 1.54) is 31.7 Å². The molecule has 1 aromatic carbocycles. The molecule has 3 aliphatic rings. The molecule has 1 N–H and O–H groups in total. The van der Waals surface area contributed by atoms with Gasteiger partial charge in [0.1, 0.15) is 0 Å². The van der Waals surface area contributed by atoms with Gasteiger partial charge in [0.05, 0.1) is 30.8 Å². The van der Waals surface area contributed by atoms with Crippen molar-refractivity contribution in [1.29, 1.82) is 0 Å². The van der Waals surface area contributed by atoms with E-state index in [-0.39, 0.29) is 24.3 Å². The van der Waals surface area contributed by atoms with Crippen LogP contribution in [0.4, 0.5) is 0 Å². The van der Waals surface area contributed by atoms with Crippen LogP contribution in [0.5, 0.6) is 0 Å². The maximum Gasteiger partial charge on any atom is 0.338 e. The largest absolute Gasteiger partial charge is 0.466 e. The monoisotopic (exact) mass is 439 g/mol. The molecule has 31 heavy (non-hydrogen) atoms. The van der Waals surface area contributed by atoms with Gasteiger partial charge >= 0.3 is 5.97 Å². The third-order valence-corrected chi connectivity index (χ3v) is 6.87. The summed E-state index contributed by atoms with van der Waals surface area (Å²) in [6.07, 6.45) is 3.28. The van der Waals surface area contributed by atoms with Gasteiger partial charge < -0.3 is 15.0 Å². The number of nitrogens with zero attached hydrogens (tertiary/aromatic N) is 2. The number of fused-ring (bicyclic) bond motifs is 1. The number of ether oxygens (including phenoxy) is 1. The third-order valence-electron chi connectivity index (χ3n) is 5.99. The zero-order valence-corrected chi connectivity index (χ0v) is 19.3. The highest BCUT2D eigenvalue weighted by atomic mass is 32.2. The molecule has 1 saturated carbocycles. The minimum atomic E-state index is -0.375. The SMILES string of the molecule is CCC1=C(C(=O)OC)[C@@H](c2cc(C)ccc2C)N2C(CC(=O)NCC3CC3)=CSC2=N1. The second-order valence-corrected chi connectivity index (χ2v) is 9.22. The molecule has 2 heterocycles. The first kappa shape index (κ1) is 21.7. The Morgan fingerprint density at radius 2 is 2.06 bits per heavy atom. The number of carbonyl (C=O) groups is 2. The van der Waals surface area contributed by atoms with Crippen LogP contribution in [0, 0.1) is 19.8 Å². The smallest absolute Gasteiger partial charge is 0.338 e. The number of amidine groups is 1. The number of thioether (sulfide) groups is 1. The Morgan fingerprint density at radius 3 is 2.74 bits per heavy atom. The topological polar surface area (TPSA) is 71.0 Å². The first-order valence-electron chi connectivity index (χ1n) is 10.8. The second-order valence-electron chi connectivity index (χ2n) is 8.38. The molecule has 0 spiro atoms. The summed E-state index contributed by atoms with van der Waals surface area (Å²) < 4.78 is 5.18. The van der Waals surface area contributed by atoms with Gasteiger partial charge in [0, 0.05) is 12.2 Å². The molecular formula is C24H29N3O3S. The average Bonchev–Trinajstić information content (AvgIpc) is 3.52. The van der Waals surface area contributed by atoms with E-state index in [1.807, 2.05) is 19.3 Å². The summed E-state index contributed by atoms with van der Waals surface area (Å²) in [6.45, 7) is 6.84. The van der Waals surface area contributed by atoms with Gasteiger partial charge in [-0.3, -0.25) is 4.79 Å². The minimum absolute atomic E-state index is 0.00426. The number of hydrogen-bond donors (Lipinski definition) is 1. The van der Waals surface area contributed by atoms with E-state index in [9.17, 15) is 9.59 Å². The van der Waals surface area contributed by atoms with Gasteiger partial charge in [0.15, 0.2) is 5.17 Å². The molecule has 1 aliphatic carbocycles. The normalized spacial score (nSPS) is 20.3. The van der Waals surface area contributed by atoms with Gasteiger partial charge in [-0.25, -0.2) is 9.79 Å². The van der Waals surface area contributed by atoms with Crippen molar-refractivity contribution in [3.8, 4) is 0 Å². The molecule has 6 nitrogen and oxygen atoms in total. The number of hydrogen-bond acceptors (Lipinski definition) is 6. The number of benzene rings is 1. The second kappa shape index (κ2) is 8.91. The van der Waals surface area contributed by atoms with Crippen molar-refractivity contribution in [2.45, 2.75) is 52.5 Å². The third kappa shape index (κ3) is 4.42. The average molecular weight is 440 g/mol. The van der Waals surface area contributed by atoms with Crippen molar-refractivity contribution in [2.75, 3.05) is 13.7 Å². The minimum Gasteiger partial charge on any atom is -0.466 e. The van der Waals surface area contributed by atoms with Crippen LogP contribution in [-0.4, -0.2) is 35.6 Å². The van der Waals surface area contributed by atoms with Crippen molar-refractivity contribution >= 4 is 28.8 Å². The molecule has 0 aromatic heterocycles. The molecular weight excluding hydrogens is 410 g/mol. The summed E-state index contributed by atoms with van der Waals surface area (Å²) in [5, 5.41) is 5.84. The number of methoxy groups -OCH3 is 1. The van der Waals surface area contributed by atoms with E-state index in [2.05, 4.69) is 35.3 Å². The Labute approximate surface area is 187 Å². The van der Waals surface area contributed by atoms with Gasteiger partial charge in [-0.05, 0) is 55.6 Å². The maximum atomic E-state index is 12.9. The predicted octanol–water partition coefficient (Wildman–Crippen LogP) is 4.36. The van der Waals surface area contributed by atoms with Crippen LogP contribution in [0.15, 0.2) is 45.6 Å². The van der Waals surface area contributed by atoms with Crippen molar-refractivity contribution in [2.24, 2.45) is 10.9 Å². The number of rotatable bonds is 7. The molecule has 0 radical (unpaired) electrons. The van der Waals surface area contributed by atoms with Crippen LogP contribution in [0.1, 0.15) is 55.3 Å². The predicted molar refractivity (Wildman–Crippen MR) is 123 cm³/mol. The molecule has 1 fully saturated rings. The number of allylic oxidation sites excluding steroid dienone is 1. The summed E-state index contributed by atoms with van der Waals surface area (Å²) >= 11 is 1.51. The first-order valence-corrected chi connectivity index (χ1v) is 11.7.